The van der Waals surface area contributed by atoms with Gasteiger partial charge < -0.3 is 10.2 Å². The summed E-state index contributed by atoms with van der Waals surface area (Å²) in [5.41, 5.74) is 0.949. The van der Waals surface area contributed by atoms with Crippen molar-refractivity contribution in [2.45, 2.75) is 5.75 Å². The third kappa shape index (κ3) is 4.38. The SMILES string of the molecule is CN(C)c1c(F)cc(NC(=O)c2cccc(C[S@@](C)=O)c2)cc1F. The zero-order valence-electron chi connectivity index (χ0n) is 13.6. The Labute approximate surface area is 141 Å². The molecule has 1 atom stereocenters. The van der Waals surface area contributed by atoms with Gasteiger partial charge in [0.05, 0.1) is 0 Å². The lowest BCUT2D eigenvalue weighted by atomic mass is 10.1. The van der Waals surface area contributed by atoms with Crippen molar-refractivity contribution >= 4 is 28.1 Å². The van der Waals surface area contributed by atoms with Crippen LogP contribution < -0.4 is 10.2 Å². The van der Waals surface area contributed by atoms with Crippen molar-refractivity contribution in [1.29, 1.82) is 0 Å². The monoisotopic (exact) mass is 352 g/mol. The van der Waals surface area contributed by atoms with Gasteiger partial charge in [-0.3, -0.25) is 9.00 Å². The Kier molecular flexibility index (Phi) is 5.66. The number of nitrogens with zero attached hydrogens (tertiary/aromatic N) is 1. The third-order valence-electron chi connectivity index (χ3n) is 3.28. The van der Waals surface area contributed by atoms with Gasteiger partial charge in [-0.2, -0.15) is 0 Å². The third-order valence-corrected chi connectivity index (χ3v) is 4.02. The van der Waals surface area contributed by atoms with Crippen LogP contribution in [0.25, 0.3) is 0 Å². The highest BCUT2D eigenvalue weighted by Gasteiger charge is 2.15. The predicted octanol–water partition coefficient (Wildman–Crippen LogP) is 3.16. The summed E-state index contributed by atoms with van der Waals surface area (Å²) in [6, 6.07) is 8.77. The number of hydrogen-bond donors (Lipinski definition) is 1. The summed E-state index contributed by atoms with van der Waals surface area (Å²) in [5, 5.41) is 2.47. The van der Waals surface area contributed by atoms with Gasteiger partial charge >= 0.3 is 0 Å². The molecule has 0 heterocycles. The molecule has 2 aromatic carbocycles. The van der Waals surface area contributed by atoms with Crippen molar-refractivity contribution in [3.8, 4) is 0 Å². The topological polar surface area (TPSA) is 49.4 Å². The number of amides is 1. The number of rotatable bonds is 5. The van der Waals surface area contributed by atoms with E-state index in [1.807, 2.05) is 0 Å². The lowest BCUT2D eigenvalue weighted by molar-refractivity contribution is 0.102. The molecule has 0 radical (unpaired) electrons. The molecule has 0 bridgehead atoms. The summed E-state index contributed by atoms with van der Waals surface area (Å²) in [4.78, 5) is 13.6. The van der Waals surface area contributed by atoms with Gasteiger partial charge in [0, 0.05) is 48.2 Å². The highest BCUT2D eigenvalue weighted by Crippen LogP contribution is 2.25. The van der Waals surface area contributed by atoms with Crippen LogP contribution in [0.1, 0.15) is 15.9 Å². The number of halogens is 2. The molecule has 0 spiro atoms. The van der Waals surface area contributed by atoms with Crippen LogP contribution in [-0.2, 0) is 16.6 Å². The van der Waals surface area contributed by atoms with E-state index in [-0.39, 0.29) is 11.4 Å². The number of benzene rings is 2. The first-order valence-corrected chi connectivity index (χ1v) is 8.87. The highest BCUT2D eigenvalue weighted by molar-refractivity contribution is 7.83. The second-order valence-corrected chi connectivity index (χ2v) is 6.99. The van der Waals surface area contributed by atoms with Crippen molar-refractivity contribution in [3.05, 3.63) is 59.2 Å². The summed E-state index contributed by atoms with van der Waals surface area (Å²) < 4.78 is 39.2. The molecule has 1 amide bonds. The number of hydrogen-bond acceptors (Lipinski definition) is 3. The maximum atomic E-state index is 14.0. The summed E-state index contributed by atoms with van der Waals surface area (Å²) in [5.74, 6) is -1.67. The van der Waals surface area contributed by atoms with E-state index >= 15 is 0 Å². The fraction of sp³-hybridized carbons (Fsp3) is 0.235. The van der Waals surface area contributed by atoms with E-state index in [9.17, 15) is 17.8 Å². The van der Waals surface area contributed by atoms with E-state index in [1.165, 1.54) is 19.0 Å². The van der Waals surface area contributed by atoms with Gasteiger partial charge in [0.1, 0.15) is 5.69 Å². The van der Waals surface area contributed by atoms with Crippen LogP contribution in [0.3, 0.4) is 0 Å². The molecule has 0 aliphatic heterocycles. The largest absolute Gasteiger partial charge is 0.373 e. The first-order chi connectivity index (χ1) is 11.3. The minimum Gasteiger partial charge on any atom is -0.373 e. The molecule has 2 aromatic rings. The Morgan fingerprint density at radius 2 is 1.79 bits per heavy atom. The second kappa shape index (κ2) is 7.53. The number of anilines is 2. The molecule has 24 heavy (non-hydrogen) atoms. The van der Waals surface area contributed by atoms with E-state index < -0.39 is 28.3 Å². The fourth-order valence-electron chi connectivity index (χ4n) is 2.31. The van der Waals surface area contributed by atoms with Gasteiger partial charge in [-0.15, -0.1) is 0 Å². The highest BCUT2D eigenvalue weighted by atomic mass is 32.2. The van der Waals surface area contributed by atoms with E-state index in [1.54, 1.807) is 30.5 Å². The minimum absolute atomic E-state index is 0.0325. The Bertz CT molecular complexity index is 771. The van der Waals surface area contributed by atoms with E-state index in [0.29, 0.717) is 11.3 Å². The summed E-state index contributed by atoms with van der Waals surface area (Å²) in [7, 11) is 2.04. The van der Waals surface area contributed by atoms with Crippen LogP contribution in [0.5, 0.6) is 0 Å². The molecule has 1 N–H and O–H groups in total. The molecule has 128 valence electrons. The van der Waals surface area contributed by atoms with E-state index in [4.69, 9.17) is 0 Å². The maximum absolute atomic E-state index is 14.0. The molecule has 0 saturated carbocycles. The first kappa shape index (κ1) is 18.1. The summed E-state index contributed by atoms with van der Waals surface area (Å²) in [6.45, 7) is 0. The molecular weight excluding hydrogens is 334 g/mol. The molecule has 0 fully saturated rings. The van der Waals surface area contributed by atoms with Crippen molar-refractivity contribution in [2.75, 3.05) is 30.6 Å². The Morgan fingerprint density at radius 1 is 1.17 bits per heavy atom. The number of nitrogens with one attached hydrogen (secondary N) is 1. The molecule has 0 aliphatic carbocycles. The van der Waals surface area contributed by atoms with Crippen LogP contribution in [0.2, 0.25) is 0 Å². The van der Waals surface area contributed by atoms with E-state index in [2.05, 4.69) is 5.32 Å². The van der Waals surface area contributed by atoms with Crippen molar-refractivity contribution < 1.29 is 17.8 Å². The molecule has 0 aromatic heterocycles. The Balaban J connectivity index is 2.22. The number of carbonyl (C=O) groups is 1. The molecule has 0 unspecified atom stereocenters. The quantitative estimate of drug-likeness (QED) is 0.899. The summed E-state index contributed by atoms with van der Waals surface area (Å²) in [6.07, 6.45) is 1.57. The predicted molar refractivity (Wildman–Crippen MR) is 92.9 cm³/mol. The van der Waals surface area contributed by atoms with Gasteiger partial charge in [-0.1, -0.05) is 12.1 Å². The van der Waals surface area contributed by atoms with Gasteiger partial charge in [-0.05, 0) is 29.8 Å². The van der Waals surface area contributed by atoms with Gasteiger partial charge in [0.2, 0.25) is 0 Å². The normalized spacial score (nSPS) is 11.9. The molecular formula is C17H18F2N2O2S. The first-order valence-electron chi connectivity index (χ1n) is 7.14. The average Bonchev–Trinajstić information content (AvgIpc) is 2.45. The van der Waals surface area contributed by atoms with Crippen molar-refractivity contribution in [2.24, 2.45) is 0 Å². The minimum atomic E-state index is -1.02. The van der Waals surface area contributed by atoms with Crippen LogP contribution in [0.15, 0.2) is 36.4 Å². The Morgan fingerprint density at radius 3 is 2.33 bits per heavy atom. The van der Waals surface area contributed by atoms with Gasteiger partial charge in [0.15, 0.2) is 11.6 Å². The molecule has 7 heteroatoms. The van der Waals surface area contributed by atoms with E-state index in [0.717, 1.165) is 17.7 Å². The van der Waals surface area contributed by atoms with Crippen LogP contribution in [-0.4, -0.2) is 30.5 Å². The lowest BCUT2D eigenvalue weighted by Gasteiger charge is -2.16. The number of carbonyl (C=O) groups excluding carboxylic acids is 1. The lowest BCUT2D eigenvalue weighted by Crippen LogP contribution is -2.15. The molecule has 2 rings (SSSR count). The van der Waals surface area contributed by atoms with Crippen molar-refractivity contribution in [3.63, 3.8) is 0 Å². The molecule has 0 aliphatic rings. The fourth-order valence-corrected chi connectivity index (χ4v) is 2.95. The van der Waals surface area contributed by atoms with Crippen LogP contribution in [0, 0.1) is 11.6 Å². The zero-order valence-corrected chi connectivity index (χ0v) is 14.4. The standard InChI is InChI=1S/C17H18F2N2O2S/c1-21(2)16-14(18)8-13(9-15(16)19)20-17(22)12-6-4-5-11(7-12)10-24(3)23/h4-9H,10H2,1-3H3,(H,20,22)/t24-/m1/s1. The molecule has 0 saturated heterocycles. The summed E-state index contributed by atoms with van der Waals surface area (Å²) >= 11 is 0. The average molecular weight is 352 g/mol. The zero-order chi connectivity index (χ0) is 17.9. The van der Waals surface area contributed by atoms with Crippen LogP contribution in [0.4, 0.5) is 20.2 Å². The smallest absolute Gasteiger partial charge is 0.255 e. The maximum Gasteiger partial charge on any atom is 0.255 e. The van der Waals surface area contributed by atoms with Crippen molar-refractivity contribution in [1.82, 2.24) is 0 Å². The van der Waals surface area contributed by atoms with Gasteiger partial charge in [-0.25, -0.2) is 8.78 Å². The Hall–Kier alpha value is -2.28. The molecule has 4 nitrogen and oxygen atoms in total. The van der Waals surface area contributed by atoms with Crippen LogP contribution >= 0.6 is 0 Å². The second-order valence-electron chi connectivity index (χ2n) is 5.55. The van der Waals surface area contributed by atoms with Gasteiger partial charge in [0.25, 0.3) is 5.91 Å².